The van der Waals surface area contributed by atoms with E-state index in [0.717, 1.165) is 38.5 Å². The number of aliphatic carboxylic acids is 3. The predicted molar refractivity (Wildman–Crippen MR) is 120 cm³/mol. The Balaban J connectivity index is 0. The molecule has 195 valence electrons. The molecule has 0 aliphatic heterocycles. The van der Waals surface area contributed by atoms with E-state index in [9.17, 15) is 24.3 Å². The van der Waals surface area contributed by atoms with Crippen molar-refractivity contribution >= 4 is 23.9 Å². The average Bonchev–Trinajstić information content (AvgIpc) is 2.69. The number of ether oxygens (including phenoxy) is 1. The van der Waals surface area contributed by atoms with Gasteiger partial charge in [0.15, 0.2) is 0 Å². The van der Waals surface area contributed by atoms with Crippen molar-refractivity contribution in [2.45, 2.75) is 115 Å². The molecule has 1 radical (unpaired) electrons. The van der Waals surface area contributed by atoms with Gasteiger partial charge in [0.2, 0.25) is 5.60 Å². The molecule has 33 heavy (non-hydrogen) atoms. The van der Waals surface area contributed by atoms with Crippen molar-refractivity contribution in [3.63, 3.8) is 0 Å². The Bertz CT molecular complexity index is 587. The van der Waals surface area contributed by atoms with Crippen LogP contribution in [0.25, 0.3) is 0 Å². The van der Waals surface area contributed by atoms with E-state index in [0.29, 0.717) is 6.42 Å². The standard InChI is InChI=1S/C24H40O8.Cu/c1-2-3-4-5-6-7-8-9-10-11-12-13-14-15-16-17-22(29)32-24(23(30)31,18-20(25)26)19-21(27)28;/h9-10H,2-8,11-19H2,1H3,(H,25,26)(H,27,28)(H,30,31);/b10-9-;. The van der Waals surface area contributed by atoms with Gasteiger partial charge in [-0.3, -0.25) is 14.4 Å². The third-order valence-corrected chi connectivity index (χ3v) is 5.22. The molecule has 3 N–H and O–H groups in total. The Morgan fingerprint density at radius 2 is 1.12 bits per heavy atom. The molecule has 0 aromatic carbocycles. The third-order valence-electron chi connectivity index (χ3n) is 5.22. The van der Waals surface area contributed by atoms with Gasteiger partial charge >= 0.3 is 23.9 Å². The number of unbranched alkanes of at least 4 members (excludes halogenated alkanes) is 11. The molecular formula is C24H40CuO8. The van der Waals surface area contributed by atoms with Crippen molar-refractivity contribution < 1.29 is 56.3 Å². The van der Waals surface area contributed by atoms with Crippen LogP contribution in [0.1, 0.15) is 110 Å². The summed E-state index contributed by atoms with van der Waals surface area (Å²) in [6, 6.07) is 0. The monoisotopic (exact) mass is 519 g/mol. The number of carbonyl (C=O) groups excluding carboxylic acids is 1. The van der Waals surface area contributed by atoms with Gasteiger partial charge < -0.3 is 20.1 Å². The van der Waals surface area contributed by atoms with Crippen molar-refractivity contribution in [3.8, 4) is 0 Å². The summed E-state index contributed by atoms with van der Waals surface area (Å²) in [6.07, 6.45) is 16.4. The molecule has 0 aliphatic carbocycles. The molecule has 0 bridgehead atoms. The first-order chi connectivity index (χ1) is 15.2. The molecule has 0 spiro atoms. The van der Waals surface area contributed by atoms with E-state index in [1.165, 1.54) is 38.5 Å². The van der Waals surface area contributed by atoms with Crippen LogP contribution in [0.2, 0.25) is 0 Å². The largest absolute Gasteiger partial charge is 0.481 e. The molecule has 0 saturated carbocycles. The minimum absolute atomic E-state index is 0. The summed E-state index contributed by atoms with van der Waals surface area (Å²) in [7, 11) is 0. The molecule has 0 unspecified atom stereocenters. The minimum atomic E-state index is -2.59. The third kappa shape index (κ3) is 18.3. The quantitative estimate of drug-likeness (QED) is 0.0799. The minimum Gasteiger partial charge on any atom is -0.481 e. The van der Waals surface area contributed by atoms with E-state index in [1.807, 2.05) is 0 Å². The zero-order valence-corrected chi connectivity index (χ0v) is 20.6. The smallest absolute Gasteiger partial charge is 0.349 e. The number of esters is 1. The summed E-state index contributed by atoms with van der Waals surface area (Å²) in [5.41, 5.74) is -2.59. The van der Waals surface area contributed by atoms with Crippen molar-refractivity contribution in [1.29, 1.82) is 0 Å². The molecular weight excluding hydrogens is 480 g/mol. The molecule has 0 heterocycles. The second-order valence-electron chi connectivity index (χ2n) is 8.25. The normalized spacial score (nSPS) is 11.2. The zero-order chi connectivity index (χ0) is 24.2. The number of carbonyl (C=O) groups is 4. The van der Waals surface area contributed by atoms with Gasteiger partial charge in [-0.1, -0.05) is 70.4 Å². The molecule has 0 rings (SSSR count). The van der Waals surface area contributed by atoms with E-state index in [2.05, 4.69) is 19.1 Å². The fourth-order valence-corrected chi connectivity index (χ4v) is 3.43. The van der Waals surface area contributed by atoms with Gasteiger partial charge in [0, 0.05) is 23.5 Å². The molecule has 0 aliphatic rings. The summed E-state index contributed by atoms with van der Waals surface area (Å²) in [4.78, 5) is 45.3. The summed E-state index contributed by atoms with van der Waals surface area (Å²) >= 11 is 0. The molecule has 0 saturated heterocycles. The van der Waals surface area contributed by atoms with Crippen molar-refractivity contribution in [3.05, 3.63) is 12.2 Å². The Labute approximate surface area is 207 Å². The molecule has 0 atom stereocenters. The van der Waals surface area contributed by atoms with Crippen LogP contribution in [0.3, 0.4) is 0 Å². The maximum Gasteiger partial charge on any atom is 0.349 e. The summed E-state index contributed by atoms with van der Waals surface area (Å²) in [5, 5.41) is 27.0. The van der Waals surface area contributed by atoms with Crippen molar-refractivity contribution in [2.75, 3.05) is 0 Å². The Morgan fingerprint density at radius 3 is 1.55 bits per heavy atom. The molecule has 0 fully saturated rings. The number of allylic oxidation sites excluding steroid dienone is 2. The van der Waals surface area contributed by atoms with Crippen molar-refractivity contribution in [1.82, 2.24) is 0 Å². The SMILES string of the molecule is CCCCCCCC/C=C\CCCCCCCC(=O)OC(CC(=O)O)(CC(=O)O)C(=O)O.[Cu]. The van der Waals surface area contributed by atoms with Gasteiger partial charge in [-0.2, -0.15) is 0 Å². The van der Waals surface area contributed by atoms with Gasteiger partial charge in [-0.25, -0.2) is 4.79 Å². The van der Waals surface area contributed by atoms with Crippen LogP contribution in [-0.2, 0) is 41.0 Å². The molecule has 8 nitrogen and oxygen atoms in total. The van der Waals surface area contributed by atoms with Gasteiger partial charge in [0.25, 0.3) is 0 Å². The predicted octanol–water partition coefficient (Wildman–Crippen LogP) is 5.34. The number of rotatable bonds is 21. The molecule has 0 amide bonds. The number of hydrogen-bond acceptors (Lipinski definition) is 5. The summed E-state index contributed by atoms with van der Waals surface area (Å²) in [5.74, 6) is -5.78. The van der Waals surface area contributed by atoms with E-state index in [1.54, 1.807) is 0 Å². The van der Waals surface area contributed by atoms with E-state index < -0.39 is 42.3 Å². The Morgan fingerprint density at radius 1 is 0.697 bits per heavy atom. The molecule has 9 heteroatoms. The second-order valence-corrected chi connectivity index (χ2v) is 8.25. The van der Waals surface area contributed by atoms with Gasteiger partial charge in [-0.15, -0.1) is 0 Å². The van der Waals surface area contributed by atoms with Crippen LogP contribution in [0.5, 0.6) is 0 Å². The van der Waals surface area contributed by atoms with E-state index in [-0.39, 0.29) is 23.5 Å². The molecule has 0 aromatic heterocycles. The Kier molecular flexibility index (Phi) is 20.9. The van der Waals surface area contributed by atoms with Crippen LogP contribution in [0.4, 0.5) is 0 Å². The van der Waals surface area contributed by atoms with Crippen LogP contribution >= 0.6 is 0 Å². The summed E-state index contributed by atoms with van der Waals surface area (Å²) in [6.45, 7) is 2.22. The number of hydrogen-bond donors (Lipinski definition) is 3. The van der Waals surface area contributed by atoms with Gasteiger partial charge in [0.1, 0.15) is 0 Å². The first-order valence-electron chi connectivity index (χ1n) is 11.8. The fraction of sp³-hybridized carbons (Fsp3) is 0.750. The second kappa shape index (κ2) is 20.7. The maximum atomic E-state index is 12.0. The first-order valence-corrected chi connectivity index (χ1v) is 11.8. The summed E-state index contributed by atoms with van der Waals surface area (Å²) < 4.78 is 4.83. The van der Waals surface area contributed by atoms with Crippen molar-refractivity contribution in [2.24, 2.45) is 0 Å². The van der Waals surface area contributed by atoms with Crippen LogP contribution in [0, 0.1) is 0 Å². The number of carboxylic acids is 3. The molecule has 0 aromatic rings. The Hall–Kier alpha value is -1.86. The number of carboxylic acid groups (broad SMARTS) is 3. The van der Waals surface area contributed by atoms with Gasteiger partial charge in [-0.05, 0) is 32.1 Å². The zero-order valence-electron chi connectivity index (χ0n) is 19.7. The van der Waals surface area contributed by atoms with Gasteiger partial charge in [0.05, 0.1) is 12.8 Å². The average molecular weight is 520 g/mol. The van der Waals surface area contributed by atoms with Crippen LogP contribution < -0.4 is 0 Å². The maximum absolute atomic E-state index is 12.0. The topological polar surface area (TPSA) is 138 Å². The van der Waals surface area contributed by atoms with E-state index >= 15 is 0 Å². The van der Waals surface area contributed by atoms with E-state index in [4.69, 9.17) is 14.9 Å². The van der Waals surface area contributed by atoms with Crippen LogP contribution in [0.15, 0.2) is 12.2 Å². The first kappa shape index (κ1) is 33.3. The van der Waals surface area contributed by atoms with Crippen LogP contribution in [-0.4, -0.2) is 44.8 Å². The fourth-order valence-electron chi connectivity index (χ4n) is 3.43.